The molecule has 0 radical (unpaired) electrons. The number of rotatable bonds is 6. The van der Waals surface area contributed by atoms with E-state index in [4.69, 9.17) is 9.52 Å². The molecule has 1 atom stereocenters. The van der Waals surface area contributed by atoms with Crippen molar-refractivity contribution in [2.75, 3.05) is 0 Å². The molecular weight excluding hydrogens is 266 g/mol. The second-order valence-corrected chi connectivity index (χ2v) is 5.57. The van der Waals surface area contributed by atoms with Crippen LogP contribution in [0.2, 0.25) is 0 Å². The highest BCUT2D eigenvalue weighted by Gasteiger charge is 2.20. The van der Waals surface area contributed by atoms with Gasteiger partial charge in [-0.2, -0.15) is 0 Å². The number of nitrogens with one attached hydrogen (secondary N) is 1. The molecule has 0 aliphatic rings. The predicted molar refractivity (Wildman–Crippen MR) is 82.0 cm³/mol. The lowest BCUT2D eigenvalue weighted by atomic mass is 10.1. The Balaban J connectivity index is 2.03. The summed E-state index contributed by atoms with van der Waals surface area (Å²) in [6.07, 6.45) is 0. The smallest absolute Gasteiger partial charge is 0.320 e. The number of hydrogen-bond donors (Lipinski definition) is 2. The quantitative estimate of drug-likeness (QED) is 0.854. The van der Waals surface area contributed by atoms with E-state index in [0.717, 1.165) is 17.1 Å². The molecular formula is C17H21NO3. The molecule has 4 nitrogen and oxygen atoms in total. The van der Waals surface area contributed by atoms with Gasteiger partial charge in [0.05, 0.1) is 6.54 Å². The van der Waals surface area contributed by atoms with Crippen molar-refractivity contribution in [3.8, 4) is 11.3 Å². The van der Waals surface area contributed by atoms with Gasteiger partial charge in [-0.1, -0.05) is 43.7 Å². The number of benzene rings is 1. The summed E-state index contributed by atoms with van der Waals surface area (Å²) in [7, 11) is 0. The normalized spacial score (nSPS) is 12.6. The van der Waals surface area contributed by atoms with Crippen LogP contribution in [0.15, 0.2) is 40.8 Å². The molecule has 2 aromatic rings. The standard InChI is InChI=1S/C17H21NO3/c1-11(2)16(17(19)20)18-10-14-8-9-15(21-14)13-6-4-12(3)5-7-13/h4-9,11,16,18H,10H2,1-3H3,(H,19,20)/t16-/m1/s1. The first-order valence-corrected chi connectivity index (χ1v) is 7.09. The summed E-state index contributed by atoms with van der Waals surface area (Å²) in [6.45, 7) is 6.21. The predicted octanol–water partition coefficient (Wildman–Crippen LogP) is 3.45. The second-order valence-electron chi connectivity index (χ2n) is 5.57. The summed E-state index contributed by atoms with van der Waals surface area (Å²) in [5.41, 5.74) is 2.22. The molecule has 2 N–H and O–H groups in total. The van der Waals surface area contributed by atoms with Gasteiger partial charge in [0.15, 0.2) is 0 Å². The zero-order chi connectivity index (χ0) is 15.4. The molecule has 0 unspecified atom stereocenters. The maximum absolute atomic E-state index is 11.1. The fourth-order valence-corrected chi connectivity index (χ4v) is 2.16. The van der Waals surface area contributed by atoms with Crippen LogP contribution >= 0.6 is 0 Å². The van der Waals surface area contributed by atoms with Gasteiger partial charge >= 0.3 is 5.97 Å². The molecule has 0 fully saturated rings. The third kappa shape index (κ3) is 3.95. The maximum Gasteiger partial charge on any atom is 0.320 e. The molecule has 1 heterocycles. The summed E-state index contributed by atoms with van der Waals surface area (Å²) in [4.78, 5) is 11.1. The van der Waals surface area contributed by atoms with E-state index in [0.29, 0.717) is 6.54 Å². The van der Waals surface area contributed by atoms with E-state index in [1.165, 1.54) is 5.56 Å². The van der Waals surface area contributed by atoms with Gasteiger partial charge in [-0.3, -0.25) is 10.1 Å². The summed E-state index contributed by atoms with van der Waals surface area (Å²) in [5.74, 6) is 0.713. The SMILES string of the molecule is Cc1ccc(-c2ccc(CN[C@@H](C(=O)O)C(C)C)o2)cc1. The first-order chi connectivity index (χ1) is 9.97. The largest absolute Gasteiger partial charge is 0.480 e. The molecule has 0 aliphatic heterocycles. The minimum atomic E-state index is -0.838. The molecule has 0 aliphatic carbocycles. The minimum Gasteiger partial charge on any atom is -0.480 e. The van der Waals surface area contributed by atoms with Crippen molar-refractivity contribution in [1.29, 1.82) is 0 Å². The Hall–Kier alpha value is -2.07. The van der Waals surface area contributed by atoms with Gasteiger partial charge in [0.2, 0.25) is 0 Å². The molecule has 0 spiro atoms. The average molecular weight is 287 g/mol. The summed E-state index contributed by atoms with van der Waals surface area (Å²) in [6, 6.07) is 11.3. The van der Waals surface area contributed by atoms with Crippen LogP contribution in [-0.2, 0) is 11.3 Å². The van der Waals surface area contributed by atoms with Crippen molar-refractivity contribution in [3.63, 3.8) is 0 Å². The Bertz CT molecular complexity index is 599. The van der Waals surface area contributed by atoms with Gasteiger partial charge < -0.3 is 9.52 Å². The van der Waals surface area contributed by atoms with Crippen LogP contribution in [0, 0.1) is 12.8 Å². The number of hydrogen-bond acceptors (Lipinski definition) is 3. The Morgan fingerprint density at radius 1 is 1.19 bits per heavy atom. The van der Waals surface area contributed by atoms with Crippen LogP contribution in [0.1, 0.15) is 25.2 Å². The van der Waals surface area contributed by atoms with Gasteiger partial charge in [-0.15, -0.1) is 0 Å². The van der Waals surface area contributed by atoms with E-state index in [9.17, 15) is 4.79 Å². The van der Waals surface area contributed by atoms with Crippen molar-refractivity contribution < 1.29 is 14.3 Å². The van der Waals surface area contributed by atoms with Crippen molar-refractivity contribution in [3.05, 3.63) is 47.7 Å². The number of furan rings is 1. The third-order valence-corrected chi connectivity index (χ3v) is 3.43. The lowest BCUT2D eigenvalue weighted by Gasteiger charge is -2.16. The van der Waals surface area contributed by atoms with Crippen LogP contribution in [-0.4, -0.2) is 17.1 Å². The fraction of sp³-hybridized carbons (Fsp3) is 0.353. The molecule has 112 valence electrons. The van der Waals surface area contributed by atoms with E-state index >= 15 is 0 Å². The van der Waals surface area contributed by atoms with E-state index in [2.05, 4.69) is 5.32 Å². The highest BCUT2D eigenvalue weighted by Crippen LogP contribution is 2.22. The molecule has 21 heavy (non-hydrogen) atoms. The van der Waals surface area contributed by atoms with Gasteiger partial charge in [0.1, 0.15) is 17.6 Å². The first kappa shape index (κ1) is 15.3. The number of aliphatic carboxylic acids is 1. The molecule has 2 rings (SSSR count). The Morgan fingerprint density at radius 2 is 1.86 bits per heavy atom. The summed E-state index contributed by atoms with van der Waals surface area (Å²) in [5, 5.41) is 12.2. The van der Waals surface area contributed by atoms with Gasteiger partial charge in [0.25, 0.3) is 0 Å². The van der Waals surface area contributed by atoms with Crippen molar-refractivity contribution in [2.24, 2.45) is 5.92 Å². The number of carbonyl (C=O) groups is 1. The minimum absolute atomic E-state index is 0.0223. The molecule has 1 aromatic carbocycles. The summed E-state index contributed by atoms with van der Waals surface area (Å²) >= 11 is 0. The van der Waals surface area contributed by atoms with Gasteiger partial charge in [0, 0.05) is 5.56 Å². The van der Waals surface area contributed by atoms with Gasteiger partial charge in [-0.25, -0.2) is 0 Å². The maximum atomic E-state index is 11.1. The van der Waals surface area contributed by atoms with Crippen molar-refractivity contribution >= 4 is 5.97 Å². The van der Waals surface area contributed by atoms with Crippen LogP contribution in [0.5, 0.6) is 0 Å². The lowest BCUT2D eigenvalue weighted by molar-refractivity contribution is -0.140. The van der Waals surface area contributed by atoms with E-state index in [1.54, 1.807) is 0 Å². The van der Waals surface area contributed by atoms with Crippen LogP contribution in [0.25, 0.3) is 11.3 Å². The monoisotopic (exact) mass is 287 g/mol. The van der Waals surface area contributed by atoms with E-state index in [1.807, 2.05) is 57.2 Å². The number of aryl methyl sites for hydroxylation is 1. The highest BCUT2D eigenvalue weighted by molar-refractivity contribution is 5.73. The number of carboxylic acid groups (broad SMARTS) is 1. The molecule has 0 saturated heterocycles. The van der Waals surface area contributed by atoms with Gasteiger partial charge in [-0.05, 0) is 25.0 Å². The highest BCUT2D eigenvalue weighted by atomic mass is 16.4. The van der Waals surface area contributed by atoms with Crippen molar-refractivity contribution in [1.82, 2.24) is 5.32 Å². The third-order valence-electron chi connectivity index (χ3n) is 3.43. The average Bonchev–Trinajstić information content (AvgIpc) is 2.87. The summed E-state index contributed by atoms with van der Waals surface area (Å²) < 4.78 is 5.76. The van der Waals surface area contributed by atoms with E-state index < -0.39 is 12.0 Å². The Kier molecular flexibility index (Phi) is 4.81. The first-order valence-electron chi connectivity index (χ1n) is 7.09. The molecule has 0 saturated carbocycles. The molecule has 0 amide bonds. The zero-order valence-electron chi connectivity index (χ0n) is 12.6. The Labute approximate surface area is 124 Å². The van der Waals surface area contributed by atoms with Crippen LogP contribution in [0.4, 0.5) is 0 Å². The van der Waals surface area contributed by atoms with Crippen LogP contribution < -0.4 is 5.32 Å². The van der Waals surface area contributed by atoms with Crippen molar-refractivity contribution in [2.45, 2.75) is 33.4 Å². The zero-order valence-corrected chi connectivity index (χ0v) is 12.6. The van der Waals surface area contributed by atoms with Crippen LogP contribution in [0.3, 0.4) is 0 Å². The van der Waals surface area contributed by atoms with E-state index in [-0.39, 0.29) is 5.92 Å². The molecule has 4 heteroatoms. The Morgan fingerprint density at radius 3 is 2.43 bits per heavy atom. The lowest BCUT2D eigenvalue weighted by Crippen LogP contribution is -2.40. The topological polar surface area (TPSA) is 62.5 Å². The second kappa shape index (κ2) is 6.59. The molecule has 0 bridgehead atoms. The number of carboxylic acids is 1. The molecule has 1 aromatic heterocycles. The fourth-order valence-electron chi connectivity index (χ4n) is 2.16.